The fraction of sp³-hybridized carbons (Fsp3) is 0.588. The molecule has 0 aromatic heterocycles. The number of nitrogens with zero attached hydrogens (tertiary/aromatic N) is 1. The first-order valence-corrected chi connectivity index (χ1v) is 8.00. The van der Waals surface area contributed by atoms with Crippen LogP contribution in [0.5, 0.6) is 0 Å². The molecule has 4 heteroatoms. The van der Waals surface area contributed by atoms with Crippen LogP contribution in [0.4, 0.5) is 11.4 Å². The maximum atomic E-state index is 12.1. The number of nitrogens with two attached hydrogens (primary N) is 1. The second-order valence-corrected chi connectivity index (χ2v) is 5.99. The Kier molecular flexibility index (Phi) is 5.62. The van der Waals surface area contributed by atoms with Crippen molar-refractivity contribution in [1.82, 2.24) is 4.90 Å². The molecule has 0 heterocycles. The van der Waals surface area contributed by atoms with Crippen molar-refractivity contribution in [1.29, 1.82) is 0 Å². The predicted octanol–water partition coefficient (Wildman–Crippen LogP) is 3.17. The Bertz CT molecular complexity index is 483. The molecule has 1 amide bonds. The molecule has 0 unspecified atom stereocenters. The molecule has 1 saturated carbocycles. The summed E-state index contributed by atoms with van der Waals surface area (Å²) in [7, 11) is 0. The fourth-order valence-electron chi connectivity index (χ4n) is 2.56. The van der Waals surface area contributed by atoms with Crippen LogP contribution in [0.1, 0.15) is 44.6 Å². The lowest BCUT2D eigenvalue weighted by molar-refractivity contribution is -0.116. The van der Waals surface area contributed by atoms with Gasteiger partial charge in [-0.15, -0.1) is 0 Å². The van der Waals surface area contributed by atoms with E-state index in [2.05, 4.69) is 17.1 Å². The molecule has 0 radical (unpaired) electrons. The molecule has 1 fully saturated rings. The Balaban J connectivity index is 1.80. The number of unbranched alkanes of at least 4 members (excludes halogenated alkanes) is 1. The van der Waals surface area contributed by atoms with Crippen LogP contribution in [-0.4, -0.2) is 29.9 Å². The number of aryl methyl sites for hydroxylation is 1. The Labute approximate surface area is 127 Å². The third kappa shape index (κ3) is 5.05. The first kappa shape index (κ1) is 15.8. The molecule has 3 N–H and O–H groups in total. The number of amides is 1. The van der Waals surface area contributed by atoms with Gasteiger partial charge in [-0.3, -0.25) is 9.69 Å². The second-order valence-electron chi connectivity index (χ2n) is 5.99. The summed E-state index contributed by atoms with van der Waals surface area (Å²) >= 11 is 0. The molecule has 1 aliphatic carbocycles. The summed E-state index contributed by atoms with van der Waals surface area (Å²) in [4.78, 5) is 14.6. The molecule has 0 bridgehead atoms. The quantitative estimate of drug-likeness (QED) is 0.723. The highest BCUT2D eigenvalue weighted by Crippen LogP contribution is 2.27. The largest absolute Gasteiger partial charge is 0.399 e. The number of anilines is 2. The molecule has 4 nitrogen and oxygen atoms in total. The Morgan fingerprint density at radius 3 is 2.76 bits per heavy atom. The lowest BCUT2D eigenvalue weighted by Crippen LogP contribution is -2.30. The Morgan fingerprint density at radius 1 is 1.38 bits per heavy atom. The Morgan fingerprint density at radius 2 is 2.14 bits per heavy atom. The lowest BCUT2D eigenvalue weighted by atomic mass is 10.1. The van der Waals surface area contributed by atoms with E-state index in [0.717, 1.165) is 36.1 Å². The van der Waals surface area contributed by atoms with E-state index in [-0.39, 0.29) is 5.91 Å². The number of rotatable bonds is 8. The van der Waals surface area contributed by atoms with Gasteiger partial charge in [0.1, 0.15) is 0 Å². The summed E-state index contributed by atoms with van der Waals surface area (Å²) in [6.07, 6.45) is 5.57. The van der Waals surface area contributed by atoms with E-state index >= 15 is 0 Å². The lowest BCUT2D eigenvalue weighted by Gasteiger charge is -2.21. The average Bonchev–Trinajstić information content (AvgIpc) is 3.27. The van der Waals surface area contributed by atoms with Crippen molar-refractivity contribution in [2.45, 2.75) is 52.0 Å². The standard InChI is InChI=1S/C17H27N3O/c1-3-4-10-20(15-6-7-15)11-9-17(21)19-16-8-5-14(18)12-13(16)2/h5,8,12,15H,3-4,6-7,9-11,18H2,1-2H3,(H,19,21). The van der Waals surface area contributed by atoms with Crippen LogP contribution in [-0.2, 0) is 4.79 Å². The molecular weight excluding hydrogens is 262 g/mol. The zero-order valence-corrected chi connectivity index (χ0v) is 13.2. The SMILES string of the molecule is CCCCN(CCC(=O)Nc1ccc(N)cc1C)C1CC1. The highest BCUT2D eigenvalue weighted by atomic mass is 16.1. The zero-order valence-electron chi connectivity index (χ0n) is 13.2. The van der Waals surface area contributed by atoms with Gasteiger partial charge in [0.2, 0.25) is 5.91 Å². The minimum absolute atomic E-state index is 0.0880. The molecule has 0 spiro atoms. The minimum atomic E-state index is 0.0880. The maximum Gasteiger partial charge on any atom is 0.225 e. The molecular formula is C17H27N3O. The van der Waals surface area contributed by atoms with Gasteiger partial charge >= 0.3 is 0 Å². The van der Waals surface area contributed by atoms with Crippen LogP contribution in [0.25, 0.3) is 0 Å². The smallest absolute Gasteiger partial charge is 0.225 e. The first-order valence-electron chi connectivity index (χ1n) is 8.00. The van der Waals surface area contributed by atoms with Crippen LogP contribution in [0.3, 0.4) is 0 Å². The fourth-order valence-corrected chi connectivity index (χ4v) is 2.56. The van der Waals surface area contributed by atoms with Gasteiger partial charge in [-0.05, 0) is 56.5 Å². The topological polar surface area (TPSA) is 58.4 Å². The number of carbonyl (C=O) groups is 1. The van der Waals surface area contributed by atoms with Crippen molar-refractivity contribution in [2.24, 2.45) is 0 Å². The van der Waals surface area contributed by atoms with Gasteiger partial charge in [-0.25, -0.2) is 0 Å². The molecule has 1 aromatic rings. The van der Waals surface area contributed by atoms with Crippen molar-refractivity contribution in [3.8, 4) is 0 Å². The van der Waals surface area contributed by atoms with Gasteiger partial charge in [0.05, 0.1) is 0 Å². The summed E-state index contributed by atoms with van der Waals surface area (Å²) in [6.45, 7) is 6.16. The summed E-state index contributed by atoms with van der Waals surface area (Å²) in [6, 6.07) is 6.30. The van der Waals surface area contributed by atoms with E-state index in [1.54, 1.807) is 0 Å². The molecule has 0 saturated heterocycles. The minimum Gasteiger partial charge on any atom is -0.399 e. The number of nitrogens with one attached hydrogen (secondary N) is 1. The zero-order chi connectivity index (χ0) is 15.2. The summed E-state index contributed by atoms with van der Waals surface area (Å²) in [5, 5.41) is 2.99. The maximum absolute atomic E-state index is 12.1. The van der Waals surface area contributed by atoms with Crippen LogP contribution >= 0.6 is 0 Å². The van der Waals surface area contributed by atoms with Gasteiger partial charge < -0.3 is 11.1 Å². The average molecular weight is 289 g/mol. The van der Waals surface area contributed by atoms with Crippen LogP contribution in [0.2, 0.25) is 0 Å². The third-order valence-corrected chi connectivity index (χ3v) is 4.01. The molecule has 1 aromatic carbocycles. The van der Waals surface area contributed by atoms with Crippen molar-refractivity contribution < 1.29 is 4.79 Å². The first-order chi connectivity index (χ1) is 10.1. The monoisotopic (exact) mass is 289 g/mol. The van der Waals surface area contributed by atoms with Gasteiger partial charge in [0, 0.05) is 30.4 Å². The molecule has 21 heavy (non-hydrogen) atoms. The van der Waals surface area contributed by atoms with E-state index < -0.39 is 0 Å². The highest BCUT2D eigenvalue weighted by Gasteiger charge is 2.28. The van der Waals surface area contributed by atoms with Crippen molar-refractivity contribution in [3.05, 3.63) is 23.8 Å². The van der Waals surface area contributed by atoms with E-state index in [1.807, 2.05) is 25.1 Å². The van der Waals surface area contributed by atoms with Gasteiger partial charge in [-0.2, -0.15) is 0 Å². The normalized spacial score (nSPS) is 14.4. The molecule has 0 atom stereocenters. The van der Waals surface area contributed by atoms with E-state index in [1.165, 1.54) is 25.7 Å². The van der Waals surface area contributed by atoms with E-state index in [9.17, 15) is 4.79 Å². The van der Waals surface area contributed by atoms with Crippen LogP contribution in [0, 0.1) is 6.92 Å². The third-order valence-electron chi connectivity index (χ3n) is 4.01. The summed E-state index contributed by atoms with van der Waals surface area (Å²) in [5.41, 5.74) is 8.32. The molecule has 2 rings (SSSR count). The summed E-state index contributed by atoms with van der Waals surface area (Å²) in [5.74, 6) is 0.0880. The van der Waals surface area contributed by atoms with Crippen molar-refractivity contribution in [3.63, 3.8) is 0 Å². The van der Waals surface area contributed by atoms with Crippen LogP contribution < -0.4 is 11.1 Å². The molecule has 1 aliphatic rings. The Hall–Kier alpha value is -1.55. The second kappa shape index (κ2) is 7.46. The van der Waals surface area contributed by atoms with E-state index in [4.69, 9.17) is 5.73 Å². The number of hydrogen-bond acceptors (Lipinski definition) is 3. The van der Waals surface area contributed by atoms with Gasteiger partial charge in [0.25, 0.3) is 0 Å². The highest BCUT2D eigenvalue weighted by molar-refractivity contribution is 5.91. The van der Waals surface area contributed by atoms with Gasteiger partial charge in [-0.1, -0.05) is 13.3 Å². The van der Waals surface area contributed by atoms with Crippen molar-refractivity contribution in [2.75, 3.05) is 24.1 Å². The van der Waals surface area contributed by atoms with Crippen molar-refractivity contribution >= 4 is 17.3 Å². The number of hydrogen-bond donors (Lipinski definition) is 2. The van der Waals surface area contributed by atoms with Gasteiger partial charge in [0.15, 0.2) is 0 Å². The predicted molar refractivity (Wildman–Crippen MR) is 88.3 cm³/mol. The number of nitrogen functional groups attached to an aromatic ring is 1. The molecule has 116 valence electrons. The molecule has 0 aliphatic heterocycles. The summed E-state index contributed by atoms with van der Waals surface area (Å²) < 4.78 is 0. The van der Waals surface area contributed by atoms with E-state index in [0.29, 0.717) is 6.42 Å². The van der Waals surface area contributed by atoms with Crippen LogP contribution in [0.15, 0.2) is 18.2 Å². The number of carbonyl (C=O) groups excluding carboxylic acids is 1. The number of benzene rings is 1.